The van der Waals surface area contributed by atoms with Crippen LogP contribution in [0.2, 0.25) is 0 Å². The van der Waals surface area contributed by atoms with Gasteiger partial charge in [-0.1, -0.05) is 13.8 Å². The number of amides is 2. The summed E-state index contributed by atoms with van der Waals surface area (Å²) in [6, 6.07) is 0. The number of nitrogens with two attached hydrogens (primary N) is 1. The van der Waals surface area contributed by atoms with Gasteiger partial charge in [0.2, 0.25) is 11.8 Å². The predicted octanol–water partition coefficient (Wildman–Crippen LogP) is 0.108. The molecular weight excluding hydrogens is 251 g/mol. The molecule has 0 spiro atoms. The van der Waals surface area contributed by atoms with E-state index in [0.29, 0.717) is 0 Å². The topological polar surface area (TPSA) is 75.4 Å². The van der Waals surface area contributed by atoms with Crippen molar-refractivity contribution in [3.05, 3.63) is 0 Å². The van der Waals surface area contributed by atoms with Crippen LogP contribution in [-0.2, 0) is 9.59 Å². The van der Waals surface area contributed by atoms with E-state index < -0.39 is 31.1 Å². The minimum absolute atomic E-state index is 0.0934. The lowest BCUT2D eigenvalue weighted by atomic mass is 10.2. The van der Waals surface area contributed by atoms with Gasteiger partial charge < -0.3 is 16.0 Å². The van der Waals surface area contributed by atoms with Crippen LogP contribution in [0.3, 0.4) is 0 Å². The summed E-state index contributed by atoms with van der Waals surface area (Å²) in [4.78, 5) is 23.5. The lowest BCUT2D eigenvalue weighted by Gasteiger charge is -2.23. The quantitative estimate of drug-likeness (QED) is 0.688. The van der Waals surface area contributed by atoms with Crippen LogP contribution >= 0.6 is 0 Å². The van der Waals surface area contributed by atoms with E-state index in [1.807, 2.05) is 19.2 Å². The summed E-state index contributed by atoms with van der Waals surface area (Å²) in [6.45, 7) is 1.92. The number of hydrogen-bond donors (Lipinski definition) is 2. The zero-order valence-electron chi connectivity index (χ0n) is 10.4. The van der Waals surface area contributed by atoms with Gasteiger partial charge in [0.15, 0.2) is 0 Å². The smallest absolute Gasteiger partial charge is 0.368 e. The number of nitrogens with zero attached hydrogens (tertiary/aromatic N) is 1. The number of carbonyl (C=O) groups excluding carboxylic acids is 2. The Morgan fingerprint density at radius 3 is 2.28 bits per heavy atom. The molecule has 0 heterocycles. The average Bonchev–Trinajstić information content (AvgIpc) is 2.12. The number of halogens is 3. The second-order valence-electron chi connectivity index (χ2n) is 4.35. The Hall–Kier alpha value is -1.31. The monoisotopic (exact) mass is 269 g/mol. The van der Waals surface area contributed by atoms with Gasteiger partial charge in [-0.2, -0.15) is 13.2 Å². The van der Waals surface area contributed by atoms with Crippen LogP contribution in [0.5, 0.6) is 0 Å². The zero-order valence-corrected chi connectivity index (χ0v) is 10.4. The summed E-state index contributed by atoms with van der Waals surface area (Å²) >= 11 is 0. The van der Waals surface area contributed by atoms with Crippen molar-refractivity contribution in [2.75, 3.05) is 26.2 Å². The molecule has 0 aliphatic carbocycles. The lowest BCUT2D eigenvalue weighted by molar-refractivity contribution is -0.137. The first-order chi connectivity index (χ1) is 8.11. The SMILES string of the molecule is CC(C)CN(CC(N)=O)C(=O)CNCC(F)(F)F. The molecule has 0 aromatic heterocycles. The third-order valence-corrected chi connectivity index (χ3v) is 1.89. The Labute approximate surface area is 103 Å². The average molecular weight is 269 g/mol. The van der Waals surface area contributed by atoms with Gasteiger partial charge in [0.1, 0.15) is 0 Å². The van der Waals surface area contributed by atoms with Gasteiger partial charge >= 0.3 is 6.18 Å². The molecule has 5 nitrogen and oxygen atoms in total. The maximum atomic E-state index is 11.9. The minimum Gasteiger partial charge on any atom is -0.368 e. The second-order valence-corrected chi connectivity index (χ2v) is 4.35. The van der Waals surface area contributed by atoms with E-state index in [-0.39, 0.29) is 19.0 Å². The highest BCUT2D eigenvalue weighted by molar-refractivity contribution is 5.84. The number of hydrogen-bond acceptors (Lipinski definition) is 3. The first-order valence-electron chi connectivity index (χ1n) is 5.45. The molecule has 0 unspecified atom stereocenters. The highest BCUT2D eigenvalue weighted by Crippen LogP contribution is 2.11. The lowest BCUT2D eigenvalue weighted by Crippen LogP contribution is -2.45. The molecule has 0 saturated heterocycles. The first-order valence-corrected chi connectivity index (χ1v) is 5.45. The van der Waals surface area contributed by atoms with Crippen LogP contribution in [0.15, 0.2) is 0 Å². The molecule has 0 aliphatic rings. The Morgan fingerprint density at radius 2 is 1.89 bits per heavy atom. The number of carbonyl (C=O) groups is 2. The van der Waals surface area contributed by atoms with Crippen LogP contribution < -0.4 is 11.1 Å². The highest BCUT2D eigenvalue weighted by Gasteiger charge is 2.27. The van der Waals surface area contributed by atoms with E-state index >= 15 is 0 Å². The maximum absolute atomic E-state index is 11.9. The van der Waals surface area contributed by atoms with Crippen LogP contribution in [0.1, 0.15) is 13.8 Å². The van der Waals surface area contributed by atoms with Gasteiger partial charge in [-0.15, -0.1) is 0 Å². The molecular formula is C10H18F3N3O2. The van der Waals surface area contributed by atoms with Crippen molar-refractivity contribution in [1.29, 1.82) is 0 Å². The molecule has 2 amide bonds. The van der Waals surface area contributed by atoms with Crippen LogP contribution in [-0.4, -0.2) is 49.1 Å². The molecule has 18 heavy (non-hydrogen) atoms. The predicted molar refractivity (Wildman–Crippen MR) is 59.5 cm³/mol. The number of nitrogens with one attached hydrogen (secondary N) is 1. The molecule has 3 N–H and O–H groups in total. The molecule has 0 radical (unpaired) electrons. The number of rotatable bonds is 7. The summed E-state index contributed by atoms with van der Waals surface area (Å²) in [5, 5.41) is 1.98. The molecule has 0 rings (SSSR count). The maximum Gasteiger partial charge on any atom is 0.401 e. The van der Waals surface area contributed by atoms with Crippen molar-refractivity contribution in [3.63, 3.8) is 0 Å². The summed E-state index contributed by atoms with van der Waals surface area (Å²) in [7, 11) is 0. The molecule has 0 fully saturated rings. The van der Waals surface area contributed by atoms with E-state index in [0.717, 1.165) is 4.90 Å². The second kappa shape index (κ2) is 7.20. The van der Waals surface area contributed by atoms with E-state index in [4.69, 9.17) is 5.73 Å². The van der Waals surface area contributed by atoms with E-state index in [2.05, 4.69) is 0 Å². The zero-order chi connectivity index (χ0) is 14.3. The molecule has 0 atom stereocenters. The fourth-order valence-corrected chi connectivity index (χ4v) is 1.31. The molecule has 0 aromatic rings. The normalized spacial score (nSPS) is 11.7. The Morgan fingerprint density at radius 1 is 1.33 bits per heavy atom. The summed E-state index contributed by atoms with van der Waals surface area (Å²) < 4.78 is 35.6. The largest absolute Gasteiger partial charge is 0.401 e. The summed E-state index contributed by atoms with van der Waals surface area (Å²) in [6.07, 6.45) is -4.37. The standard InChI is InChI=1S/C10H18F3N3O2/c1-7(2)4-16(5-8(14)17)9(18)3-15-6-10(11,12)13/h7,15H,3-6H2,1-2H3,(H2,14,17). The van der Waals surface area contributed by atoms with Gasteiger partial charge in [-0.25, -0.2) is 0 Å². The third-order valence-electron chi connectivity index (χ3n) is 1.89. The molecule has 8 heteroatoms. The van der Waals surface area contributed by atoms with Gasteiger partial charge in [-0.05, 0) is 5.92 Å². The van der Waals surface area contributed by atoms with E-state index in [1.54, 1.807) is 0 Å². The van der Waals surface area contributed by atoms with Crippen LogP contribution in [0.25, 0.3) is 0 Å². The summed E-state index contributed by atoms with van der Waals surface area (Å²) in [5.41, 5.74) is 4.97. The molecule has 0 bridgehead atoms. The first kappa shape index (κ1) is 16.7. The van der Waals surface area contributed by atoms with Crippen molar-refractivity contribution < 1.29 is 22.8 Å². The van der Waals surface area contributed by atoms with Crippen molar-refractivity contribution in [1.82, 2.24) is 10.2 Å². The Bertz CT molecular complexity index is 293. The minimum atomic E-state index is -4.37. The molecule has 106 valence electrons. The highest BCUT2D eigenvalue weighted by atomic mass is 19.4. The van der Waals surface area contributed by atoms with Crippen molar-refractivity contribution >= 4 is 11.8 Å². The van der Waals surface area contributed by atoms with Gasteiger partial charge in [0.05, 0.1) is 19.6 Å². The fourth-order valence-electron chi connectivity index (χ4n) is 1.31. The van der Waals surface area contributed by atoms with E-state index in [9.17, 15) is 22.8 Å². The van der Waals surface area contributed by atoms with Crippen molar-refractivity contribution in [2.24, 2.45) is 11.7 Å². The third kappa shape index (κ3) is 8.80. The number of primary amides is 1. The van der Waals surface area contributed by atoms with Crippen molar-refractivity contribution in [3.8, 4) is 0 Å². The van der Waals surface area contributed by atoms with Crippen LogP contribution in [0, 0.1) is 5.92 Å². The molecule has 0 aliphatic heterocycles. The van der Waals surface area contributed by atoms with Crippen molar-refractivity contribution in [2.45, 2.75) is 20.0 Å². The van der Waals surface area contributed by atoms with Gasteiger partial charge in [0.25, 0.3) is 0 Å². The Kier molecular flexibility index (Phi) is 6.67. The Balaban J connectivity index is 4.25. The van der Waals surface area contributed by atoms with Crippen LogP contribution in [0.4, 0.5) is 13.2 Å². The van der Waals surface area contributed by atoms with Gasteiger partial charge in [0, 0.05) is 6.54 Å². The number of alkyl halides is 3. The summed E-state index contributed by atoms with van der Waals surface area (Å²) in [5.74, 6) is -1.18. The van der Waals surface area contributed by atoms with Gasteiger partial charge in [-0.3, -0.25) is 9.59 Å². The molecule has 0 saturated carbocycles. The molecule has 0 aromatic carbocycles. The fraction of sp³-hybridized carbons (Fsp3) is 0.800. The van der Waals surface area contributed by atoms with E-state index in [1.165, 1.54) is 0 Å².